The molecule has 40 heavy (non-hydrogen) atoms. The molecular formula is C30H35ClN6O3. The lowest BCUT2D eigenvalue weighted by atomic mass is 9.72. The van der Waals surface area contributed by atoms with Crippen molar-refractivity contribution in [2.24, 2.45) is 5.92 Å². The van der Waals surface area contributed by atoms with E-state index in [1.54, 1.807) is 18.3 Å². The van der Waals surface area contributed by atoms with Crippen LogP contribution in [0.3, 0.4) is 0 Å². The number of carbonyl (C=O) groups excluding carboxylic acids is 3. The van der Waals surface area contributed by atoms with Crippen LogP contribution in [0.15, 0.2) is 30.5 Å². The van der Waals surface area contributed by atoms with E-state index < -0.39 is 0 Å². The highest BCUT2D eigenvalue weighted by molar-refractivity contribution is 6.17. The lowest BCUT2D eigenvalue weighted by Crippen LogP contribution is -2.38. The zero-order valence-corrected chi connectivity index (χ0v) is 23.8. The van der Waals surface area contributed by atoms with Gasteiger partial charge in [0.15, 0.2) is 5.78 Å². The lowest BCUT2D eigenvalue weighted by molar-refractivity contribution is -0.120. The summed E-state index contributed by atoms with van der Waals surface area (Å²) in [4.78, 5) is 48.9. The number of amides is 1. The van der Waals surface area contributed by atoms with Crippen LogP contribution < -0.4 is 5.73 Å². The number of carbonyl (C=O) groups is 3. The monoisotopic (exact) mass is 562 g/mol. The number of ketones is 2. The van der Waals surface area contributed by atoms with Crippen LogP contribution in [-0.4, -0.2) is 61.5 Å². The molecule has 3 heterocycles. The standard InChI is InChI=1S/C30H35ClN6O3/c1-30(2)16-21-17-33-29(32)34-25(21)27-24(30)26(35-36-27)23(39)15-18-5-7-20(8-6-18)28(40)37-12-9-19(10-13-37)14-22(38)4-3-11-31/h5-8,17,19H,3-4,9-16H2,1-2H3,(H,35,36)(H2,32,33,34). The van der Waals surface area contributed by atoms with Gasteiger partial charge >= 0.3 is 0 Å². The van der Waals surface area contributed by atoms with E-state index in [1.165, 1.54) is 0 Å². The molecule has 1 fully saturated rings. The molecule has 2 aromatic heterocycles. The highest BCUT2D eigenvalue weighted by atomic mass is 35.5. The minimum Gasteiger partial charge on any atom is -0.368 e. The van der Waals surface area contributed by atoms with Gasteiger partial charge in [-0.3, -0.25) is 19.5 Å². The maximum Gasteiger partial charge on any atom is 0.253 e. The Bertz CT molecular complexity index is 1420. The van der Waals surface area contributed by atoms with Crippen molar-refractivity contribution in [1.82, 2.24) is 25.1 Å². The first-order chi connectivity index (χ1) is 19.2. The van der Waals surface area contributed by atoms with E-state index in [1.807, 2.05) is 17.0 Å². The molecule has 1 amide bonds. The maximum absolute atomic E-state index is 13.4. The molecule has 2 aliphatic rings. The topological polar surface area (TPSA) is 135 Å². The Hall–Kier alpha value is -3.59. The number of hydrogen-bond acceptors (Lipinski definition) is 7. The van der Waals surface area contributed by atoms with Gasteiger partial charge in [0.05, 0.1) is 5.69 Å². The maximum atomic E-state index is 13.4. The van der Waals surface area contributed by atoms with Crippen LogP contribution in [0.2, 0.25) is 0 Å². The van der Waals surface area contributed by atoms with E-state index in [0.717, 1.165) is 36.0 Å². The summed E-state index contributed by atoms with van der Waals surface area (Å²) in [5.41, 5.74) is 10.5. The van der Waals surface area contributed by atoms with Gasteiger partial charge in [0.25, 0.3) is 5.91 Å². The Balaban J connectivity index is 1.22. The number of nitrogens with two attached hydrogens (primary N) is 1. The fourth-order valence-electron chi connectivity index (χ4n) is 5.94. The molecule has 0 unspecified atom stereocenters. The van der Waals surface area contributed by atoms with Gasteiger partial charge in [0.2, 0.25) is 5.95 Å². The molecule has 0 bridgehead atoms. The van der Waals surface area contributed by atoms with Gasteiger partial charge in [-0.2, -0.15) is 5.10 Å². The number of piperidine rings is 1. The number of aromatic nitrogens is 4. The van der Waals surface area contributed by atoms with Crippen molar-refractivity contribution in [3.8, 4) is 11.4 Å². The number of nitrogen functional groups attached to an aromatic ring is 1. The number of halogens is 1. The number of nitrogens with one attached hydrogen (secondary N) is 1. The van der Waals surface area contributed by atoms with Gasteiger partial charge in [-0.15, -0.1) is 11.6 Å². The van der Waals surface area contributed by atoms with Crippen LogP contribution in [0.5, 0.6) is 0 Å². The van der Waals surface area contributed by atoms with Gasteiger partial charge in [-0.05, 0) is 60.3 Å². The van der Waals surface area contributed by atoms with Crippen LogP contribution >= 0.6 is 11.6 Å². The van der Waals surface area contributed by atoms with Crippen molar-refractivity contribution >= 4 is 35.0 Å². The fourth-order valence-corrected chi connectivity index (χ4v) is 6.08. The Morgan fingerprint density at radius 1 is 1.12 bits per heavy atom. The normalized spacial score (nSPS) is 16.3. The summed E-state index contributed by atoms with van der Waals surface area (Å²) >= 11 is 5.69. The van der Waals surface area contributed by atoms with Crippen molar-refractivity contribution in [2.75, 3.05) is 24.7 Å². The number of H-pyrrole nitrogens is 1. The third kappa shape index (κ3) is 5.80. The van der Waals surface area contributed by atoms with E-state index >= 15 is 0 Å². The zero-order valence-electron chi connectivity index (χ0n) is 23.0. The molecule has 0 atom stereocenters. The number of alkyl halides is 1. The number of aromatic amines is 1. The summed E-state index contributed by atoms with van der Waals surface area (Å²) in [6, 6.07) is 7.25. The summed E-state index contributed by atoms with van der Waals surface area (Å²) in [6.45, 7) is 5.46. The smallest absolute Gasteiger partial charge is 0.253 e. The van der Waals surface area contributed by atoms with Crippen molar-refractivity contribution in [3.63, 3.8) is 0 Å². The highest BCUT2D eigenvalue weighted by Crippen LogP contribution is 2.43. The van der Waals surface area contributed by atoms with E-state index in [0.29, 0.717) is 66.8 Å². The first kappa shape index (κ1) is 28.0. The summed E-state index contributed by atoms with van der Waals surface area (Å²) in [7, 11) is 0. The number of anilines is 1. The van der Waals surface area contributed by atoms with Gasteiger partial charge in [0.1, 0.15) is 17.2 Å². The molecule has 3 N–H and O–H groups in total. The van der Waals surface area contributed by atoms with Crippen LogP contribution in [0.25, 0.3) is 11.4 Å². The van der Waals surface area contributed by atoms with Crippen LogP contribution in [-0.2, 0) is 23.1 Å². The van der Waals surface area contributed by atoms with Gasteiger partial charge in [-0.1, -0.05) is 26.0 Å². The largest absolute Gasteiger partial charge is 0.368 e. The predicted octanol–water partition coefficient (Wildman–Crippen LogP) is 4.54. The molecule has 5 rings (SSSR count). The fraction of sp³-hybridized carbons (Fsp3) is 0.467. The summed E-state index contributed by atoms with van der Waals surface area (Å²) < 4.78 is 0. The second-order valence-corrected chi connectivity index (χ2v) is 11.9. The number of hydrogen-bond donors (Lipinski definition) is 2. The number of likely N-dealkylation sites (tertiary alicyclic amines) is 1. The van der Waals surface area contributed by atoms with Gasteiger partial charge in [-0.25, -0.2) is 9.97 Å². The molecule has 210 valence electrons. The third-order valence-electron chi connectivity index (χ3n) is 8.03. The molecule has 3 aromatic rings. The highest BCUT2D eigenvalue weighted by Gasteiger charge is 2.38. The van der Waals surface area contributed by atoms with Crippen molar-refractivity contribution in [1.29, 1.82) is 0 Å². The second-order valence-electron chi connectivity index (χ2n) is 11.6. The number of Topliss-reactive ketones (excluding diaryl/α,β-unsaturated/α-hetero) is 2. The Morgan fingerprint density at radius 3 is 2.55 bits per heavy atom. The Labute approximate surface area is 238 Å². The second kappa shape index (κ2) is 11.5. The molecule has 1 aliphatic heterocycles. The quantitative estimate of drug-likeness (QED) is 0.289. The van der Waals surface area contributed by atoms with Crippen molar-refractivity contribution < 1.29 is 14.4 Å². The van der Waals surface area contributed by atoms with E-state index in [-0.39, 0.29) is 35.3 Å². The van der Waals surface area contributed by atoms with Crippen LogP contribution in [0.1, 0.15) is 83.5 Å². The molecule has 0 saturated carbocycles. The SMILES string of the molecule is CC1(C)Cc2cnc(N)nc2-c2n[nH]c(C(=O)Cc3ccc(C(=O)N4CCC(CC(=O)CCCCl)CC4)cc3)c21. The molecule has 0 radical (unpaired) electrons. The summed E-state index contributed by atoms with van der Waals surface area (Å²) in [6.07, 6.45) is 6.09. The first-order valence-electron chi connectivity index (χ1n) is 13.9. The number of nitrogens with zero attached hydrogens (tertiary/aromatic N) is 4. The lowest BCUT2D eigenvalue weighted by Gasteiger charge is -2.32. The molecule has 9 nitrogen and oxygen atoms in total. The Kier molecular flexibility index (Phi) is 8.03. The molecule has 1 aliphatic carbocycles. The van der Waals surface area contributed by atoms with Crippen molar-refractivity contribution in [2.45, 2.75) is 64.2 Å². The number of benzene rings is 1. The van der Waals surface area contributed by atoms with E-state index in [9.17, 15) is 14.4 Å². The minimum atomic E-state index is -0.332. The van der Waals surface area contributed by atoms with E-state index in [2.05, 4.69) is 34.0 Å². The predicted molar refractivity (Wildman–Crippen MR) is 153 cm³/mol. The molecule has 1 aromatic carbocycles. The zero-order chi connectivity index (χ0) is 28.4. The summed E-state index contributed by atoms with van der Waals surface area (Å²) in [5.74, 6) is 1.18. The molecule has 1 saturated heterocycles. The summed E-state index contributed by atoms with van der Waals surface area (Å²) in [5, 5.41) is 7.42. The average molecular weight is 563 g/mol. The van der Waals surface area contributed by atoms with Crippen molar-refractivity contribution in [3.05, 3.63) is 58.4 Å². The van der Waals surface area contributed by atoms with Crippen LogP contribution in [0.4, 0.5) is 5.95 Å². The molecule has 0 spiro atoms. The molecule has 10 heteroatoms. The van der Waals surface area contributed by atoms with E-state index in [4.69, 9.17) is 17.3 Å². The average Bonchev–Trinajstić information content (AvgIpc) is 3.40. The third-order valence-corrected chi connectivity index (χ3v) is 8.30. The van der Waals surface area contributed by atoms with Gasteiger partial charge < -0.3 is 10.6 Å². The Morgan fingerprint density at radius 2 is 1.85 bits per heavy atom. The molecular weight excluding hydrogens is 528 g/mol. The number of fused-ring (bicyclic) bond motifs is 3. The first-order valence-corrected chi connectivity index (χ1v) is 14.4. The van der Waals surface area contributed by atoms with Crippen LogP contribution in [0, 0.1) is 5.92 Å². The minimum absolute atomic E-state index is 0.0193. The van der Waals surface area contributed by atoms with Gasteiger partial charge in [0, 0.05) is 55.6 Å². The number of rotatable bonds is 9.